The van der Waals surface area contributed by atoms with E-state index in [1.54, 1.807) is 24.2 Å². The molecule has 132 valence electrons. The number of carbonyl (C=O) groups excluding carboxylic acids is 1. The largest absolute Gasteiger partial charge is 0.497 e. The van der Waals surface area contributed by atoms with Gasteiger partial charge in [0.05, 0.1) is 24.9 Å². The lowest BCUT2D eigenvalue weighted by molar-refractivity contribution is 0.0505. The van der Waals surface area contributed by atoms with Crippen LogP contribution in [0.3, 0.4) is 0 Å². The first kappa shape index (κ1) is 16.0. The minimum absolute atomic E-state index is 0.0728. The second-order valence-corrected chi connectivity index (χ2v) is 6.90. The molecule has 0 spiro atoms. The predicted octanol–water partition coefficient (Wildman–Crippen LogP) is 2.50. The number of aryl methyl sites for hydroxylation is 1. The molecule has 2 fully saturated rings. The summed E-state index contributed by atoms with van der Waals surface area (Å²) in [7, 11) is 3.48. The number of amides is 1. The number of aromatic nitrogens is 2. The standard InChI is InChI=1S/C19H23N3O3/c1-21-11-14(10-20-21)19(23)22-15-4-3-13(9-15)18(22)12-25-17-7-5-16(24-2)6-8-17/h5-8,10-11,13,15,18H,3-4,9,12H2,1-2H3/t13-,15-,18+/m1/s1. The summed E-state index contributed by atoms with van der Waals surface area (Å²) in [5.41, 5.74) is 0.657. The molecule has 0 radical (unpaired) electrons. The Hall–Kier alpha value is -2.50. The molecule has 4 rings (SSSR count). The van der Waals surface area contributed by atoms with Gasteiger partial charge in [-0.15, -0.1) is 0 Å². The van der Waals surface area contributed by atoms with Crippen LogP contribution in [0.25, 0.3) is 0 Å². The van der Waals surface area contributed by atoms with Crippen molar-refractivity contribution in [3.63, 3.8) is 0 Å². The number of carbonyl (C=O) groups is 1. The molecule has 0 unspecified atom stereocenters. The van der Waals surface area contributed by atoms with Crippen LogP contribution in [-0.2, 0) is 7.05 Å². The summed E-state index contributed by atoms with van der Waals surface area (Å²) < 4.78 is 12.8. The number of benzene rings is 1. The van der Waals surface area contributed by atoms with Crippen LogP contribution in [0.5, 0.6) is 11.5 Å². The third-order valence-corrected chi connectivity index (χ3v) is 5.41. The summed E-state index contributed by atoms with van der Waals surface area (Å²) in [6.07, 6.45) is 6.79. The van der Waals surface area contributed by atoms with E-state index >= 15 is 0 Å². The van der Waals surface area contributed by atoms with Crippen molar-refractivity contribution in [1.29, 1.82) is 0 Å². The lowest BCUT2D eigenvalue weighted by Gasteiger charge is -2.35. The third kappa shape index (κ3) is 2.97. The number of nitrogens with zero attached hydrogens (tertiary/aromatic N) is 3. The van der Waals surface area contributed by atoms with Gasteiger partial charge in [-0.3, -0.25) is 9.48 Å². The van der Waals surface area contributed by atoms with E-state index in [0.717, 1.165) is 24.3 Å². The maximum Gasteiger partial charge on any atom is 0.257 e. The van der Waals surface area contributed by atoms with Gasteiger partial charge < -0.3 is 14.4 Å². The zero-order chi connectivity index (χ0) is 17.4. The molecule has 1 saturated carbocycles. The van der Waals surface area contributed by atoms with Crippen LogP contribution in [0.4, 0.5) is 0 Å². The number of hydrogen-bond acceptors (Lipinski definition) is 4. The second-order valence-electron chi connectivity index (χ2n) is 6.90. The minimum atomic E-state index is 0.0728. The summed E-state index contributed by atoms with van der Waals surface area (Å²) in [6.45, 7) is 0.527. The summed E-state index contributed by atoms with van der Waals surface area (Å²) in [6, 6.07) is 8.04. The van der Waals surface area contributed by atoms with E-state index in [1.165, 1.54) is 6.42 Å². The first-order valence-corrected chi connectivity index (χ1v) is 8.74. The van der Waals surface area contributed by atoms with Gasteiger partial charge in [0, 0.05) is 19.3 Å². The van der Waals surface area contributed by atoms with Crippen molar-refractivity contribution in [2.24, 2.45) is 13.0 Å². The van der Waals surface area contributed by atoms with Crippen LogP contribution in [0.2, 0.25) is 0 Å². The molecule has 2 aliphatic rings. The van der Waals surface area contributed by atoms with E-state index in [2.05, 4.69) is 5.10 Å². The molecule has 1 amide bonds. The number of ether oxygens (including phenoxy) is 2. The van der Waals surface area contributed by atoms with E-state index in [9.17, 15) is 4.79 Å². The van der Waals surface area contributed by atoms with E-state index < -0.39 is 0 Å². The van der Waals surface area contributed by atoms with Gasteiger partial charge in [-0.1, -0.05) is 0 Å². The zero-order valence-corrected chi connectivity index (χ0v) is 14.6. The van der Waals surface area contributed by atoms with Crippen molar-refractivity contribution < 1.29 is 14.3 Å². The highest BCUT2D eigenvalue weighted by atomic mass is 16.5. The molecule has 1 aromatic heterocycles. The molecule has 6 nitrogen and oxygen atoms in total. The van der Waals surface area contributed by atoms with Gasteiger partial charge in [-0.25, -0.2) is 0 Å². The Kier molecular flexibility index (Phi) is 4.11. The van der Waals surface area contributed by atoms with Crippen LogP contribution in [0, 0.1) is 5.92 Å². The molecule has 2 aromatic rings. The quantitative estimate of drug-likeness (QED) is 0.838. The van der Waals surface area contributed by atoms with E-state index in [0.29, 0.717) is 24.1 Å². The normalized spacial score (nSPS) is 24.6. The number of piperidine rings is 1. The molecule has 3 atom stereocenters. The molecule has 25 heavy (non-hydrogen) atoms. The summed E-state index contributed by atoms with van der Waals surface area (Å²) >= 11 is 0. The fraction of sp³-hybridized carbons (Fsp3) is 0.474. The third-order valence-electron chi connectivity index (χ3n) is 5.41. The van der Waals surface area contributed by atoms with Crippen molar-refractivity contribution >= 4 is 5.91 Å². The first-order valence-electron chi connectivity index (χ1n) is 8.74. The summed E-state index contributed by atoms with van der Waals surface area (Å²) in [5.74, 6) is 2.21. The lowest BCUT2D eigenvalue weighted by Crippen LogP contribution is -2.47. The Balaban J connectivity index is 1.47. The van der Waals surface area contributed by atoms with Crippen molar-refractivity contribution in [3.05, 3.63) is 42.2 Å². The molecule has 2 heterocycles. The van der Waals surface area contributed by atoms with Gasteiger partial charge in [0.2, 0.25) is 0 Å². The highest BCUT2D eigenvalue weighted by Gasteiger charge is 2.48. The van der Waals surface area contributed by atoms with E-state index in [-0.39, 0.29) is 11.9 Å². The fourth-order valence-electron chi connectivity index (χ4n) is 4.16. The minimum Gasteiger partial charge on any atom is -0.497 e. The van der Waals surface area contributed by atoms with Crippen LogP contribution in [0.15, 0.2) is 36.7 Å². The average Bonchev–Trinajstić information content (AvgIpc) is 3.35. The number of rotatable bonds is 5. The number of likely N-dealkylation sites (tertiary alicyclic amines) is 1. The van der Waals surface area contributed by atoms with Gasteiger partial charge in [-0.05, 0) is 49.4 Å². The van der Waals surface area contributed by atoms with Gasteiger partial charge in [0.1, 0.15) is 18.1 Å². The number of fused-ring (bicyclic) bond motifs is 2. The van der Waals surface area contributed by atoms with Crippen LogP contribution in [0.1, 0.15) is 29.6 Å². The summed E-state index contributed by atoms with van der Waals surface area (Å²) in [5, 5.41) is 4.13. The van der Waals surface area contributed by atoms with Gasteiger partial charge in [0.15, 0.2) is 0 Å². The van der Waals surface area contributed by atoms with Crippen molar-refractivity contribution in [2.75, 3.05) is 13.7 Å². The lowest BCUT2D eigenvalue weighted by atomic mass is 9.99. The molecule has 6 heteroatoms. The Morgan fingerprint density at radius 3 is 2.68 bits per heavy atom. The Labute approximate surface area is 147 Å². The number of hydrogen-bond donors (Lipinski definition) is 0. The molecule has 1 saturated heterocycles. The van der Waals surface area contributed by atoms with Gasteiger partial charge in [-0.2, -0.15) is 5.10 Å². The highest BCUT2D eigenvalue weighted by molar-refractivity contribution is 5.94. The van der Waals surface area contributed by atoms with Crippen molar-refractivity contribution in [2.45, 2.75) is 31.3 Å². The average molecular weight is 341 g/mol. The summed E-state index contributed by atoms with van der Waals surface area (Å²) in [4.78, 5) is 15.0. The Bertz CT molecular complexity index is 756. The maximum atomic E-state index is 13.0. The van der Waals surface area contributed by atoms with Gasteiger partial charge >= 0.3 is 0 Å². The topological polar surface area (TPSA) is 56.6 Å². The van der Waals surface area contributed by atoms with Gasteiger partial charge in [0.25, 0.3) is 5.91 Å². The Morgan fingerprint density at radius 1 is 1.24 bits per heavy atom. The Morgan fingerprint density at radius 2 is 2.00 bits per heavy atom. The second kappa shape index (κ2) is 6.43. The molecular weight excluding hydrogens is 318 g/mol. The number of methoxy groups -OCH3 is 1. The van der Waals surface area contributed by atoms with Crippen LogP contribution < -0.4 is 9.47 Å². The van der Waals surface area contributed by atoms with Crippen LogP contribution in [-0.4, -0.2) is 46.4 Å². The molecule has 1 aliphatic carbocycles. The zero-order valence-electron chi connectivity index (χ0n) is 14.6. The molecule has 0 N–H and O–H groups in total. The molecule has 1 aliphatic heterocycles. The van der Waals surface area contributed by atoms with E-state index in [4.69, 9.17) is 9.47 Å². The van der Waals surface area contributed by atoms with Crippen LogP contribution >= 0.6 is 0 Å². The predicted molar refractivity (Wildman–Crippen MR) is 92.8 cm³/mol. The maximum absolute atomic E-state index is 13.0. The monoisotopic (exact) mass is 341 g/mol. The van der Waals surface area contributed by atoms with E-state index in [1.807, 2.05) is 36.2 Å². The highest BCUT2D eigenvalue weighted by Crippen LogP contribution is 2.43. The molecule has 2 bridgehead atoms. The van der Waals surface area contributed by atoms with Crippen molar-refractivity contribution in [1.82, 2.24) is 14.7 Å². The fourth-order valence-corrected chi connectivity index (χ4v) is 4.16. The first-order chi connectivity index (χ1) is 12.2. The van der Waals surface area contributed by atoms with Crippen molar-refractivity contribution in [3.8, 4) is 11.5 Å². The smallest absolute Gasteiger partial charge is 0.257 e. The SMILES string of the molecule is COc1ccc(OC[C@H]2[C@@H]3CC[C@H](C3)N2C(=O)c2cnn(C)c2)cc1. The molecular formula is C19H23N3O3. The molecule has 1 aromatic carbocycles.